The molecule has 0 saturated carbocycles. The molecule has 0 heterocycles. The summed E-state index contributed by atoms with van der Waals surface area (Å²) in [6, 6.07) is 10.7. The second-order valence-corrected chi connectivity index (χ2v) is 8.96. The van der Waals surface area contributed by atoms with Gasteiger partial charge < -0.3 is 10.6 Å². The Labute approximate surface area is 206 Å². The van der Waals surface area contributed by atoms with E-state index in [9.17, 15) is 27.6 Å². The van der Waals surface area contributed by atoms with E-state index in [1.807, 2.05) is 0 Å². The van der Waals surface area contributed by atoms with Crippen LogP contribution in [0.25, 0.3) is 0 Å². The standard InChI is InChI=1S/C24H25Cl2F3N2O3/c1-14(2)21(22(33)24(27,28)29)31-23(34)19(13-15-6-4-3-5-7-15)30-20(32)11-9-16-8-10-17(25)18(26)12-16/h3-8,10,12,14,19,21H,9,11,13H2,1-2H3,(H,30,32)(H,31,34). The van der Waals surface area contributed by atoms with Crippen LogP contribution in [0, 0.1) is 5.92 Å². The molecule has 0 radical (unpaired) electrons. The smallest absolute Gasteiger partial charge is 0.344 e. The van der Waals surface area contributed by atoms with Crippen LogP contribution in [0.15, 0.2) is 48.5 Å². The minimum absolute atomic E-state index is 0.00558. The van der Waals surface area contributed by atoms with E-state index in [4.69, 9.17) is 23.2 Å². The lowest BCUT2D eigenvalue weighted by molar-refractivity contribution is -0.175. The minimum Gasteiger partial charge on any atom is -0.344 e. The summed E-state index contributed by atoms with van der Waals surface area (Å²) in [6.45, 7) is 2.80. The van der Waals surface area contributed by atoms with Crippen LogP contribution >= 0.6 is 23.2 Å². The lowest BCUT2D eigenvalue weighted by atomic mass is 9.98. The predicted molar refractivity (Wildman–Crippen MR) is 125 cm³/mol. The molecular formula is C24H25Cl2F3N2O3. The van der Waals surface area contributed by atoms with Crippen molar-refractivity contribution in [2.45, 2.75) is 51.4 Å². The Bertz CT molecular complexity index is 1010. The molecule has 0 aliphatic rings. The Morgan fingerprint density at radius 1 is 0.912 bits per heavy atom. The summed E-state index contributed by atoms with van der Waals surface area (Å²) in [5.74, 6) is -4.20. The molecule has 10 heteroatoms. The number of hydrogen-bond acceptors (Lipinski definition) is 3. The fourth-order valence-electron chi connectivity index (χ4n) is 3.24. The van der Waals surface area contributed by atoms with Gasteiger partial charge in [-0.25, -0.2) is 0 Å². The van der Waals surface area contributed by atoms with E-state index in [1.165, 1.54) is 13.8 Å². The highest BCUT2D eigenvalue weighted by Gasteiger charge is 2.45. The van der Waals surface area contributed by atoms with Gasteiger partial charge in [0.2, 0.25) is 11.8 Å². The van der Waals surface area contributed by atoms with Crippen LogP contribution in [0.5, 0.6) is 0 Å². The Morgan fingerprint density at radius 2 is 1.56 bits per heavy atom. The van der Waals surface area contributed by atoms with E-state index in [0.717, 1.165) is 5.56 Å². The lowest BCUT2D eigenvalue weighted by Gasteiger charge is -2.25. The van der Waals surface area contributed by atoms with Crippen molar-refractivity contribution in [2.75, 3.05) is 0 Å². The van der Waals surface area contributed by atoms with Crippen LogP contribution in [0.1, 0.15) is 31.4 Å². The van der Waals surface area contributed by atoms with Crippen molar-refractivity contribution in [2.24, 2.45) is 5.92 Å². The molecule has 2 amide bonds. The number of benzene rings is 2. The Balaban J connectivity index is 2.14. The molecule has 2 unspecified atom stereocenters. The fraction of sp³-hybridized carbons (Fsp3) is 0.375. The summed E-state index contributed by atoms with van der Waals surface area (Å²) in [4.78, 5) is 37.3. The van der Waals surface area contributed by atoms with Crippen LogP contribution in [0.3, 0.4) is 0 Å². The number of alkyl halides is 3. The fourth-order valence-corrected chi connectivity index (χ4v) is 3.56. The number of ketones is 1. The largest absolute Gasteiger partial charge is 0.452 e. The maximum atomic E-state index is 13.0. The molecule has 2 aromatic carbocycles. The van der Waals surface area contributed by atoms with Crippen molar-refractivity contribution in [1.82, 2.24) is 10.6 Å². The van der Waals surface area contributed by atoms with Crippen molar-refractivity contribution in [3.8, 4) is 0 Å². The summed E-state index contributed by atoms with van der Waals surface area (Å²) in [5.41, 5.74) is 1.44. The SMILES string of the molecule is CC(C)C(NC(=O)C(Cc1ccccc1)NC(=O)CCc1ccc(Cl)c(Cl)c1)C(=O)C(F)(F)F. The highest BCUT2D eigenvalue weighted by Crippen LogP contribution is 2.23. The van der Waals surface area contributed by atoms with Crippen LogP contribution in [-0.4, -0.2) is 35.9 Å². The van der Waals surface area contributed by atoms with Crippen molar-refractivity contribution >= 4 is 40.8 Å². The van der Waals surface area contributed by atoms with Crippen molar-refractivity contribution in [3.63, 3.8) is 0 Å². The summed E-state index contributed by atoms with van der Waals surface area (Å²) in [5, 5.41) is 5.48. The molecule has 0 fully saturated rings. The predicted octanol–water partition coefficient (Wildman–Crippen LogP) is 4.93. The molecule has 0 saturated heterocycles. The van der Waals surface area contributed by atoms with Gasteiger partial charge in [0.05, 0.1) is 16.1 Å². The van der Waals surface area contributed by atoms with Gasteiger partial charge >= 0.3 is 6.18 Å². The van der Waals surface area contributed by atoms with E-state index in [2.05, 4.69) is 10.6 Å². The molecule has 0 bridgehead atoms. The van der Waals surface area contributed by atoms with E-state index in [-0.39, 0.29) is 12.8 Å². The van der Waals surface area contributed by atoms with Gasteiger partial charge in [-0.2, -0.15) is 13.2 Å². The molecule has 34 heavy (non-hydrogen) atoms. The summed E-state index contributed by atoms with van der Waals surface area (Å²) in [6.07, 6.45) is -4.74. The quantitative estimate of drug-likeness (QED) is 0.470. The van der Waals surface area contributed by atoms with Crippen LogP contribution in [0.4, 0.5) is 13.2 Å². The van der Waals surface area contributed by atoms with E-state index in [1.54, 1.807) is 48.5 Å². The van der Waals surface area contributed by atoms with Crippen molar-refractivity contribution in [3.05, 3.63) is 69.7 Å². The molecule has 2 rings (SSSR count). The Morgan fingerprint density at radius 3 is 2.12 bits per heavy atom. The van der Waals surface area contributed by atoms with Gasteiger partial charge in [-0.3, -0.25) is 14.4 Å². The Hall–Kier alpha value is -2.58. The average Bonchev–Trinajstić information content (AvgIpc) is 2.77. The third kappa shape index (κ3) is 8.33. The van der Waals surface area contributed by atoms with Crippen molar-refractivity contribution in [1.29, 1.82) is 0 Å². The molecule has 0 aliphatic carbocycles. The van der Waals surface area contributed by atoms with Gasteiger partial charge in [-0.1, -0.05) is 73.4 Å². The number of halogens is 5. The third-order valence-electron chi connectivity index (χ3n) is 5.09. The second kappa shape index (κ2) is 12.2. The first-order valence-electron chi connectivity index (χ1n) is 10.6. The number of nitrogens with one attached hydrogen (secondary N) is 2. The maximum Gasteiger partial charge on any atom is 0.452 e. The van der Waals surface area contributed by atoms with Crippen LogP contribution in [-0.2, 0) is 27.2 Å². The van der Waals surface area contributed by atoms with Gasteiger partial charge in [-0.15, -0.1) is 0 Å². The molecule has 0 aromatic heterocycles. The summed E-state index contributed by atoms with van der Waals surface area (Å²) < 4.78 is 39.0. The van der Waals surface area contributed by atoms with Gasteiger partial charge in [0.1, 0.15) is 6.04 Å². The highest BCUT2D eigenvalue weighted by atomic mass is 35.5. The number of carbonyl (C=O) groups excluding carboxylic acids is 3. The van der Waals surface area contributed by atoms with E-state index < -0.39 is 41.8 Å². The van der Waals surface area contributed by atoms with Gasteiger partial charge in [0.25, 0.3) is 5.78 Å². The average molecular weight is 517 g/mol. The summed E-state index contributed by atoms with van der Waals surface area (Å²) in [7, 11) is 0. The first-order chi connectivity index (χ1) is 15.9. The maximum absolute atomic E-state index is 13.0. The monoisotopic (exact) mass is 516 g/mol. The molecule has 2 aromatic rings. The molecule has 5 nitrogen and oxygen atoms in total. The normalized spacial score (nSPS) is 13.3. The Kier molecular flexibility index (Phi) is 9.94. The summed E-state index contributed by atoms with van der Waals surface area (Å²) >= 11 is 11.9. The zero-order chi connectivity index (χ0) is 25.5. The van der Waals surface area contributed by atoms with Crippen LogP contribution in [0.2, 0.25) is 10.0 Å². The number of hydrogen-bond donors (Lipinski definition) is 2. The molecular weight excluding hydrogens is 492 g/mol. The van der Waals surface area contributed by atoms with Gasteiger partial charge in [0.15, 0.2) is 0 Å². The lowest BCUT2D eigenvalue weighted by Crippen LogP contribution is -2.56. The zero-order valence-electron chi connectivity index (χ0n) is 18.6. The topological polar surface area (TPSA) is 75.3 Å². The highest BCUT2D eigenvalue weighted by molar-refractivity contribution is 6.42. The number of amides is 2. The minimum atomic E-state index is -5.10. The van der Waals surface area contributed by atoms with Crippen molar-refractivity contribution < 1.29 is 27.6 Å². The molecule has 184 valence electrons. The number of Topliss-reactive ketones (excluding diaryl/α,β-unsaturated/α-hetero) is 1. The molecule has 2 N–H and O–H groups in total. The van der Waals surface area contributed by atoms with Gasteiger partial charge in [0, 0.05) is 12.8 Å². The zero-order valence-corrected chi connectivity index (χ0v) is 20.1. The molecule has 2 atom stereocenters. The van der Waals surface area contributed by atoms with Gasteiger partial charge in [-0.05, 0) is 35.6 Å². The number of rotatable bonds is 10. The molecule has 0 aliphatic heterocycles. The second-order valence-electron chi connectivity index (χ2n) is 8.15. The number of aryl methyl sites for hydroxylation is 1. The first kappa shape index (κ1) is 27.7. The van der Waals surface area contributed by atoms with E-state index in [0.29, 0.717) is 22.0 Å². The third-order valence-corrected chi connectivity index (χ3v) is 5.82. The first-order valence-corrected chi connectivity index (χ1v) is 11.3. The number of carbonyl (C=O) groups is 3. The van der Waals surface area contributed by atoms with Crippen LogP contribution < -0.4 is 10.6 Å². The van der Waals surface area contributed by atoms with E-state index >= 15 is 0 Å². The molecule has 0 spiro atoms.